The first-order valence-corrected chi connectivity index (χ1v) is 9.18. The normalized spacial score (nSPS) is 11.8. The predicted octanol–water partition coefficient (Wildman–Crippen LogP) is 3.66. The number of benzene rings is 3. The van der Waals surface area contributed by atoms with Gasteiger partial charge in [-0.2, -0.15) is 0 Å². The summed E-state index contributed by atoms with van der Waals surface area (Å²) < 4.78 is 0. The van der Waals surface area contributed by atoms with Gasteiger partial charge in [0.1, 0.15) is 0 Å². The van der Waals surface area contributed by atoms with E-state index in [2.05, 4.69) is 91.0 Å². The molecule has 0 N–H and O–H groups in total. The Kier molecular flexibility index (Phi) is 3.99. The van der Waals surface area contributed by atoms with E-state index in [0.29, 0.717) is 0 Å². The third kappa shape index (κ3) is 2.44. The zero-order valence-corrected chi connectivity index (χ0v) is 12.8. The molecule has 3 rings (SSSR count). The van der Waals surface area contributed by atoms with Gasteiger partial charge in [0.15, 0.2) is 0 Å². The molecule has 1 radical (unpaired) electrons. The summed E-state index contributed by atoms with van der Waals surface area (Å²) in [6.45, 7) is 6.24. The van der Waals surface area contributed by atoms with Crippen LogP contribution in [-0.2, 0) is 0 Å². The van der Waals surface area contributed by atoms with Crippen LogP contribution in [0, 0.1) is 6.58 Å². The number of hydrogen-bond donors (Lipinski definition) is 0. The molecule has 0 aromatic heterocycles. The van der Waals surface area contributed by atoms with E-state index in [9.17, 15) is 0 Å². The van der Waals surface area contributed by atoms with Gasteiger partial charge in [-0.25, -0.2) is 0 Å². The summed E-state index contributed by atoms with van der Waals surface area (Å²) in [5.41, 5.74) is 0. The fraction of sp³-hybridized carbons (Fsp3) is 0. The third-order valence-electron chi connectivity index (χ3n) is 3.94. The van der Waals surface area contributed by atoms with E-state index in [1.165, 1.54) is 15.9 Å². The Bertz CT molecular complexity index is 606. The Balaban J connectivity index is 2.31. The number of rotatable bonds is 4. The van der Waals surface area contributed by atoms with Crippen LogP contribution in [0.15, 0.2) is 96.8 Å². The van der Waals surface area contributed by atoms with Gasteiger partial charge in [-0.05, 0) is 0 Å². The Morgan fingerprint density at radius 3 is 1.05 bits per heavy atom. The summed E-state index contributed by atoms with van der Waals surface area (Å²) in [7, 11) is -2.25. The molecule has 0 aliphatic rings. The molecular formula is C20H18P. The summed E-state index contributed by atoms with van der Waals surface area (Å²) in [5.74, 6) is 1.94. The van der Waals surface area contributed by atoms with Crippen molar-refractivity contribution in [3.63, 3.8) is 0 Å². The molecule has 3 aromatic rings. The molecule has 0 nitrogen and oxygen atoms in total. The van der Waals surface area contributed by atoms with E-state index in [-0.39, 0.29) is 0 Å². The molecule has 0 fully saturated rings. The monoisotopic (exact) mass is 289 g/mol. The van der Waals surface area contributed by atoms with E-state index in [1.807, 2.05) is 5.82 Å². The number of hydrogen-bond acceptors (Lipinski definition) is 0. The molecular weight excluding hydrogens is 271 g/mol. The molecule has 0 amide bonds. The SMILES string of the molecule is [CH]=C[PH](c1ccccc1)(c1ccccc1)c1ccccc1. The molecule has 0 unspecified atom stereocenters. The van der Waals surface area contributed by atoms with Crippen LogP contribution in [0.4, 0.5) is 0 Å². The van der Waals surface area contributed by atoms with Crippen LogP contribution in [0.25, 0.3) is 0 Å². The van der Waals surface area contributed by atoms with Crippen molar-refractivity contribution in [3.8, 4) is 0 Å². The molecule has 0 heterocycles. The quantitative estimate of drug-likeness (QED) is 0.643. The van der Waals surface area contributed by atoms with Gasteiger partial charge in [-0.3, -0.25) is 0 Å². The van der Waals surface area contributed by atoms with Crippen LogP contribution in [0.3, 0.4) is 0 Å². The average Bonchev–Trinajstić information content (AvgIpc) is 2.59. The van der Waals surface area contributed by atoms with Gasteiger partial charge in [0, 0.05) is 0 Å². The van der Waals surface area contributed by atoms with E-state index in [0.717, 1.165) is 0 Å². The summed E-state index contributed by atoms with van der Waals surface area (Å²) in [5, 5.41) is 3.93. The molecule has 0 aliphatic carbocycles. The molecule has 103 valence electrons. The second-order valence-corrected chi connectivity index (χ2v) is 8.75. The molecule has 21 heavy (non-hydrogen) atoms. The second kappa shape index (κ2) is 6.08. The summed E-state index contributed by atoms with van der Waals surface area (Å²) in [6.07, 6.45) is 0. The van der Waals surface area contributed by atoms with Crippen molar-refractivity contribution in [3.05, 3.63) is 103 Å². The van der Waals surface area contributed by atoms with Gasteiger partial charge in [0.25, 0.3) is 0 Å². The minimum absolute atomic E-state index is 1.31. The molecule has 3 aromatic carbocycles. The summed E-state index contributed by atoms with van der Waals surface area (Å²) in [6, 6.07) is 31.8. The van der Waals surface area contributed by atoms with Crippen LogP contribution in [-0.4, -0.2) is 0 Å². The van der Waals surface area contributed by atoms with E-state index in [1.54, 1.807) is 0 Å². The van der Waals surface area contributed by atoms with Crippen molar-refractivity contribution in [2.75, 3.05) is 0 Å². The van der Waals surface area contributed by atoms with Crippen LogP contribution >= 0.6 is 7.26 Å². The van der Waals surface area contributed by atoms with Crippen LogP contribution in [0.2, 0.25) is 0 Å². The Morgan fingerprint density at radius 1 is 0.524 bits per heavy atom. The molecule has 0 saturated heterocycles. The maximum atomic E-state index is 6.24. The maximum absolute atomic E-state index is 6.24. The van der Waals surface area contributed by atoms with Gasteiger partial charge >= 0.3 is 127 Å². The Morgan fingerprint density at radius 2 is 0.810 bits per heavy atom. The van der Waals surface area contributed by atoms with Gasteiger partial charge in [0.2, 0.25) is 0 Å². The van der Waals surface area contributed by atoms with Crippen molar-refractivity contribution >= 4 is 23.2 Å². The molecule has 0 spiro atoms. The van der Waals surface area contributed by atoms with E-state index >= 15 is 0 Å². The van der Waals surface area contributed by atoms with Crippen LogP contribution in [0.5, 0.6) is 0 Å². The van der Waals surface area contributed by atoms with Crippen molar-refractivity contribution in [2.45, 2.75) is 0 Å². The van der Waals surface area contributed by atoms with Crippen molar-refractivity contribution in [2.24, 2.45) is 0 Å². The standard InChI is InChI=1S/C20H18P/c1-2-21(18-12-6-3-7-13-18,19-14-8-4-9-15-19)20-16-10-5-11-17-20/h1-17,21H. The molecule has 0 saturated carbocycles. The zero-order valence-electron chi connectivity index (χ0n) is 11.8. The van der Waals surface area contributed by atoms with E-state index < -0.39 is 7.26 Å². The summed E-state index contributed by atoms with van der Waals surface area (Å²) in [4.78, 5) is 0. The molecule has 1 heteroatoms. The van der Waals surface area contributed by atoms with Crippen molar-refractivity contribution in [1.82, 2.24) is 0 Å². The predicted molar refractivity (Wildman–Crippen MR) is 95.4 cm³/mol. The van der Waals surface area contributed by atoms with Crippen molar-refractivity contribution < 1.29 is 0 Å². The van der Waals surface area contributed by atoms with E-state index in [4.69, 9.17) is 6.58 Å². The first-order valence-electron chi connectivity index (χ1n) is 7.10. The summed E-state index contributed by atoms with van der Waals surface area (Å²) >= 11 is 0. The minimum atomic E-state index is -2.25. The first-order chi connectivity index (χ1) is 10.4. The average molecular weight is 289 g/mol. The van der Waals surface area contributed by atoms with Gasteiger partial charge in [-0.15, -0.1) is 0 Å². The topological polar surface area (TPSA) is 0 Å². The second-order valence-electron chi connectivity index (χ2n) is 5.07. The van der Waals surface area contributed by atoms with Crippen molar-refractivity contribution in [1.29, 1.82) is 0 Å². The van der Waals surface area contributed by atoms with Gasteiger partial charge in [-0.1, -0.05) is 0 Å². The zero-order chi connectivity index (χ0) is 14.5. The van der Waals surface area contributed by atoms with Gasteiger partial charge < -0.3 is 0 Å². The van der Waals surface area contributed by atoms with Crippen LogP contribution in [0.1, 0.15) is 0 Å². The first kappa shape index (κ1) is 13.8. The Labute approximate surface area is 127 Å². The molecule has 0 aliphatic heterocycles. The third-order valence-corrected chi connectivity index (χ3v) is 8.17. The Hall–Kier alpha value is -2.17. The van der Waals surface area contributed by atoms with Gasteiger partial charge in [0.05, 0.1) is 0 Å². The molecule has 0 atom stereocenters. The molecule has 0 bridgehead atoms. The fourth-order valence-corrected chi connectivity index (χ4v) is 6.62. The fourth-order valence-electron chi connectivity index (χ4n) is 2.89. The van der Waals surface area contributed by atoms with Crippen LogP contribution < -0.4 is 15.9 Å².